The zero-order valence-electron chi connectivity index (χ0n) is 14.0. The van der Waals surface area contributed by atoms with Gasteiger partial charge in [0.15, 0.2) is 5.76 Å². The number of carbonyl (C=O) groups excluding carboxylic acids is 1. The van der Waals surface area contributed by atoms with Gasteiger partial charge in [0.2, 0.25) is 5.88 Å². The first-order valence-corrected chi connectivity index (χ1v) is 8.27. The highest BCUT2D eigenvalue weighted by Crippen LogP contribution is 2.21. The summed E-state index contributed by atoms with van der Waals surface area (Å²) in [6, 6.07) is 13.7. The maximum absolute atomic E-state index is 12.6. The molecule has 3 aromatic rings. The third kappa shape index (κ3) is 3.15. The number of aromatic nitrogens is 2. The lowest BCUT2D eigenvalue weighted by atomic mass is 10.2. The van der Waals surface area contributed by atoms with Crippen LogP contribution < -0.4 is 4.74 Å². The van der Waals surface area contributed by atoms with Crippen molar-refractivity contribution in [2.75, 3.05) is 6.54 Å². The number of fused-ring (bicyclic) bond motifs is 1. The van der Waals surface area contributed by atoms with Crippen LogP contribution in [0.3, 0.4) is 0 Å². The van der Waals surface area contributed by atoms with Gasteiger partial charge in [-0.25, -0.2) is 0 Å². The van der Waals surface area contributed by atoms with E-state index < -0.39 is 0 Å². The van der Waals surface area contributed by atoms with E-state index in [0.717, 1.165) is 16.8 Å². The fourth-order valence-corrected chi connectivity index (χ4v) is 2.95. The summed E-state index contributed by atoms with van der Waals surface area (Å²) < 4.78 is 13.0. The van der Waals surface area contributed by atoms with E-state index in [0.29, 0.717) is 37.9 Å². The smallest absolute Gasteiger partial charge is 0.290 e. The van der Waals surface area contributed by atoms with Gasteiger partial charge in [-0.1, -0.05) is 30.3 Å². The van der Waals surface area contributed by atoms with Gasteiger partial charge in [-0.15, -0.1) is 5.10 Å². The van der Waals surface area contributed by atoms with Crippen LogP contribution in [0.5, 0.6) is 5.88 Å². The zero-order valence-corrected chi connectivity index (χ0v) is 14.0. The summed E-state index contributed by atoms with van der Waals surface area (Å²) in [6.07, 6.45) is 1.55. The van der Waals surface area contributed by atoms with Crippen molar-refractivity contribution in [1.82, 2.24) is 14.7 Å². The molecule has 0 radical (unpaired) electrons. The number of hydrogen-bond acceptors (Lipinski definition) is 4. The van der Waals surface area contributed by atoms with Gasteiger partial charge >= 0.3 is 0 Å². The first-order valence-electron chi connectivity index (χ1n) is 8.27. The highest BCUT2D eigenvalue weighted by molar-refractivity contribution is 5.92. The fraction of sp³-hybridized carbons (Fsp3) is 0.263. The molecule has 1 aromatic carbocycles. The second kappa shape index (κ2) is 6.47. The van der Waals surface area contributed by atoms with E-state index in [9.17, 15) is 4.79 Å². The Morgan fingerprint density at radius 2 is 2.08 bits per heavy atom. The monoisotopic (exact) mass is 337 g/mol. The van der Waals surface area contributed by atoms with Gasteiger partial charge < -0.3 is 14.1 Å². The number of hydrogen-bond donors (Lipinski definition) is 0. The molecule has 2 aromatic heterocycles. The molecule has 1 aliphatic heterocycles. The Bertz CT molecular complexity index is 882. The van der Waals surface area contributed by atoms with Gasteiger partial charge in [0.25, 0.3) is 5.91 Å². The number of amides is 1. The molecule has 0 spiro atoms. The highest BCUT2D eigenvalue weighted by Gasteiger charge is 2.26. The predicted molar refractivity (Wildman–Crippen MR) is 91.2 cm³/mol. The van der Waals surface area contributed by atoms with Crippen molar-refractivity contribution in [3.8, 4) is 5.88 Å². The Kier molecular flexibility index (Phi) is 4.01. The Labute approximate surface area is 145 Å². The maximum atomic E-state index is 12.6. The Morgan fingerprint density at radius 3 is 2.84 bits per heavy atom. The molecule has 25 heavy (non-hydrogen) atoms. The van der Waals surface area contributed by atoms with Crippen molar-refractivity contribution in [2.45, 2.75) is 26.6 Å². The lowest BCUT2D eigenvalue weighted by Gasteiger charge is -2.26. The molecule has 4 rings (SSSR count). The average Bonchev–Trinajstić information content (AvgIpc) is 3.25. The van der Waals surface area contributed by atoms with Gasteiger partial charge in [0.05, 0.1) is 25.0 Å². The van der Waals surface area contributed by atoms with E-state index in [1.165, 1.54) is 0 Å². The standard InChI is InChI=1S/C19H19N3O3/c1-14-7-10-24-18(14)19(23)21-8-9-22-16(12-21)11-17(20-22)25-13-15-5-3-2-4-6-15/h2-7,10-11H,8-9,12-13H2,1H3. The van der Waals surface area contributed by atoms with Crippen LogP contribution in [0.2, 0.25) is 0 Å². The van der Waals surface area contributed by atoms with Crippen molar-refractivity contribution in [1.29, 1.82) is 0 Å². The molecule has 0 saturated carbocycles. The zero-order chi connectivity index (χ0) is 17.2. The number of ether oxygens (including phenoxy) is 1. The van der Waals surface area contributed by atoms with Crippen LogP contribution in [0.15, 0.2) is 53.1 Å². The lowest BCUT2D eigenvalue weighted by Crippen LogP contribution is -2.38. The minimum Gasteiger partial charge on any atom is -0.472 e. The SMILES string of the molecule is Cc1ccoc1C(=O)N1CCn2nc(OCc3ccccc3)cc2C1. The van der Waals surface area contributed by atoms with Crippen LogP contribution in [0.4, 0.5) is 0 Å². The van der Waals surface area contributed by atoms with Gasteiger partial charge in [-0.05, 0) is 18.6 Å². The molecule has 0 saturated heterocycles. The number of aryl methyl sites for hydroxylation is 1. The van der Waals surface area contributed by atoms with Crippen LogP contribution in [0.25, 0.3) is 0 Å². The van der Waals surface area contributed by atoms with Crippen molar-refractivity contribution < 1.29 is 13.9 Å². The minimum absolute atomic E-state index is 0.0818. The van der Waals surface area contributed by atoms with Gasteiger partial charge in [-0.3, -0.25) is 9.48 Å². The number of nitrogens with zero attached hydrogens (tertiary/aromatic N) is 3. The van der Waals surface area contributed by atoms with Crippen molar-refractivity contribution in [2.24, 2.45) is 0 Å². The lowest BCUT2D eigenvalue weighted by molar-refractivity contribution is 0.0672. The van der Waals surface area contributed by atoms with Gasteiger partial charge in [0, 0.05) is 18.2 Å². The molecule has 1 aliphatic rings. The van der Waals surface area contributed by atoms with E-state index in [2.05, 4.69) is 5.10 Å². The van der Waals surface area contributed by atoms with E-state index in [-0.39, 0.29) is 5.91 Å². The van der Waals surface area contributed by atoms with E-state index >= 15 is 0 Å². The normalized spacial score (nSPS) is 13.6. The first kappa shape index (κ1) is 15.5. The molecular weight excluding hydrogens is 318 g/mol. The molecule has 6 heteroatoms. The molecule has 0 N–H and O–H groups in total. The second-order valence-corrected chi connectivity index (χ2v) is 6.13. The van der Waals surface area contributed by atoms with Crippen molar-refractivity contribution in [3.63, 3.8) is 0 Å². The molecule has 0 aliphatic carbocycles. The van der Waals surface area contributed by atoms with Gasteiger partial charge in [0.1, 0.15) is 6.61 Å². The molecule has 0 fully saturated rings. The second-order valence-electron chi connectivity index (χ2n) is 6.13. The minimum atomic E-state index is -0.0818. The van der Waals surface area contributed by atoms with Crippen LogP contribution in [-0.2, 0) is 19.7 Å². The summed E-state index contributed by atoms with van der Waals surface area (Å²) >= 11 is 0. The van der Waals surface area contributed by atoms with Crippen LogP contribution in [-0.4, -0.2) is 27.1 Å². The van der Waals surface area contributed by atoms with Crippen molar-refractivity contribution >= 4 is 5.91 Å². The molecule has 128 valence electrons. The van der Waals surface area contributed by atoms with Crippen LogP contribution in [0.1, 0.15) is 27.4 Å². The average molecular weight is 337 g/mol. The van der Waals surface area contributed by atoms with E-state index in [4.69, 9.17) is 9.15 Å². The van der Waals surface area contributed by atoms with Crippen LogP contribution in [0, 0.1) is 6.92 Å². The summed E-state index contributed by atoms with van der Waals surface area (Å²) in [7, 11) is 0. The third-order valence-corrected chi connectivity index (χ3v) is 4.35. The first-order chi connectivity index (χ1) is 12.2. The Balaban J connectivity index is 1.44. The summed E-state index contributed by atoms with van der Waals surface area (Å²) in [5, 5.41) is 4.47. The molecule has 0 atom stereocenters. The summed E-state index contributed by atoms with van der Waals surface area (Å²) in [5.74, 6) is 0.914. The topological polar surface area (TPSA) is 60.5 Å². The Morgan fingerprint density at radius 1 is 1.24 bits per heavy atom. The summed E-state index contributed by atoms with van der Waals surface area (Å²) in [4.78, 5) is 14.4. The maximum Gasteiger partial charge on any atom is 0.290 e. The molecule has 1 amide bonds. The summed E-state index contributed by atoms with van der Waals surface area (Å²) in [5.41, 5.74) is 2.92. The fourth-order valence-electron chi connectivity index (χ4n) is 2.95. The number of furan rings is 1. The molecule has 0 bridgehead atoms. The largest absolute Gasteiger partial charge is 0.472 e. The van der Waals surface area contributed by atoms with E-state index in [1.54, 1.807) is 17.2 Å². The van der Waals surface area contributed by atoms with E-state index in [1.807, 2.05) is 48.0 Å². The van der Waals surface area contributed by atoms with Crippen LogP contribution >= 0.6 is 0 Å². The molecular formula is C19H19N3O3. The van der Waals surface area contributed by atoms with Crippen molar-refractivity contribution in [3.05, 3.63) is 71.3 Å². The van der Waals surface area contributed by atoms with Gasteiger partial charge in [-0.2, -0.15) is 0 Å². The number of benzene rings is 1. The molecule has 3 heterocycles. The summed E-state index contributed by atoms with van der Waals surface area (Å²) in [6.45, 7) is 4.11. The highest BCUT2D eigenvalue weighted by atomic mass is 16.5. The molecule has 0 unspecified atom stereocenters. The predicted octanol–water partition coefficient (Wildman–Crippen LogP) is 3.02. The quantitative estimate of drug-likeness (QED) is 0.734. The number of carbonyl (C=O) groups is 1. The third-order valence-electron chi connectivity index (χ3n) is 4.35. The Hall–Kier alpha value is -3.02. The molecule has 6 nitrogen and oxygen atoms in total. The number of rotatable bonds is 4.